The molecule has 4 heteroatoms. The number of H-pyrrole nitrogens is 1. The molecule has 2 heterocycles. The molecular weight excluding hydrogens is 240 g/mol. The fourth-order valence-electron chi connectivity index (χ4n) is 2.49. The van der Waals surface area contributed by atoms with Gasteiger partial charge in [-0.1, -0.05) is 13.3 Å². The lowest BCUT2D eigenvalue weighted by Gasteiger charge is -2.12. The Kier molecular flexibility index (Phi) is 3.15. The van der Waals surface area contributed by atoms with Crippen molar-refractivity contribution < 1.29 is 9.53 Å². The summed E-state index contributed by atoms with van der Waals surface area (Å²) in [5.74, 6) is 0.875. The van der Waals surface area contributed by atoms with Gasteiger partial charge in [0.25, 0.3) is 5.91 Å². The highest BCUT2D eigenvalue weighted by Gasteiger charge is 2.21. The number of unbranched alkanes of at least 4 members (excludes halogenated alkanes) is 1. The molecule has 3 rings (SSSR count). The highest BCUT2D eigenvalue weighted by atomic mass is 16.5. The van der Waals surface area contributed by atoms with Gasteiger partial charge in [-0.2, -0.15) is 0 Å². The van der Waals surface area contributed by atoms with E-state index in [2.05, 4.69) is 17.2 Å². The first-order valence-corrected chi connectivity index (χ1v) is 6.85. The van der Waals surface area contributed by atoms with Gasteiger partial charge in [-0.25, -0.2) is 0 Å². The summed E-state index contributed by atoms with van der Waals surface area (Å²) in [5, 5.41) is 3.96. The Morgan fingerprint density at radius 3 is 3.11 bits per heavy atom. The predicted molar refractivity (Wildman–Crippen MR) is 74.7 cm³/mol. The van der Waals surface area contributed by atoms with Gasteiger partial charge >= 0.3 is 0 Å². The molecule has 1 aliphatic heterocycles. The Hall–Kier alpha value is -1.97. The molecule has 0 fully saturated rings. The molecular formula is C15H18N2O2. The van der Waals surface area contributed by atoms with E-state index in [1.54, 1.807) is 0 Å². The second-order valence-electron chi connectivity index (χ2n) is 4.89. The molecule has 2 N–H and O–H groups in total. The molecule has 1 amide bonds. The Labute approximate surface area is 112 Å². The number of aromatic nitrogens is 1. The lowest BCUT2D eigenvalue weighted by atomic mass is 10.0. The van der Waals surface area contributed by atoms with Crippen molar-refractivity contribution in [3.63, 3.8) is 0 Å². The van der Waals surface area contributed by atoms with E-state index in [1.807, 2.05) is 18.2 Å². The molecule has 0 bridgehead atoms. The Balaban J connectivity index is 1.95. The minimum absolute atomic E-state index is 0.00842. The Bertz CT molecular complexity index is 616. The topological polar surface area (TPSA) is 54.1 Å². The molecule has 1 aliphatic rings. The molecule has 1 aromatic heterocycles. The van der Waals surface area contributed by atoms with Crippen molar-refractivity contribution in [2.75, 3.05) is 13.2 Å². The van der Waals surface area contributed by atoms with E-state index in [-0.39, 0.29) is 5.91 Å². The average Bonchev–Trinajstić information content (AvgIpc) is 2.79. The molecule has 0 spiro atoms. The number of hydrogen-bond acceptors (Lipinski definition) is 2. The van der Waals surface area contributed by atoms with Crippen molar-refractivity contribution in [2.45, 2.75) is 26.2 Å². The van der Waals surface area contributed by atoms with Crippen molar-refractivity contribution in [3.8, 4) is 5.75 Å². The zero-order valence-electron chi connectivity index (χ0n) is 11.1. The summed E-state index contributed by atoms with van der Waals surface area (Å²) < 4.78 is 5.73. The van der Waals surface area contributed by atoms with E-state index >= 15 is 0 Å². The molecule has 4 nitrogen and oxygen atoms in total. The van der Waals surface area contributed by atoms with Crippen LogP contribution in [-0.4, -0.2) is 24.0 Å². The number of hydrogen-bond donors (Lipinski definition) is 2. The average molecular weight is 258 g/mol. The van der Waals surface area contributed by atoms with Crippen molar-refractivity contribution in [1.29, 1.82) is 0 Å². The molecule has 0 aliphatic carbocycles. The van der Waals surface area contributed by atoms with Crippen LogP contribution in [0.4, 0.5) is 0 Å². The van der Waals surface area contributed by atoms with Crippen LogP contribution in [-0.2, 0) is 6.42 Å². The third-order valence-corrected chi connectivity index (χ3v) is 3.53. The molecule has 100 valence electrons. The van der Waals surface area contributed by atoms with Crippen LogP contribution in [0.1, 0.15) is 35.8 Å². The molecule has 0 saturated carbocycles. The van der Waals surface area contributed by atoms with Gasteiger partial charge in [0.2, 0.25) is 0 Å². The normalized spacial score (nSPS) is 14.3. The Morgan fingerprint density at radius 1 is 1.37 bits per heavy atom. The fourth-order valence-corrected chi connectivity index (χ4v) is 2.49. The highest BCUT2D eigenvalue weighted by molar-refractivity contribution is 6.02. The monoisotopic (exact) mass is 258 g/mol. The number of amides is 1. The molecule has 19 heavy (non-hydrogen) atoms. The molecule has 0 unspecified atom stereocenters. The number of aromatic amines is 1. The maximum absolute atomic E-state index is 11.8. The maximum Gasteiger partial charge on any atom is 0.268 e. The summed E-state index contributed by atoms with van der Waals surface area (Å²) in [4.78, 5) is 15.0. The highest BCUT2D eigenvalue weighted by Crippen LogP contribution is 2.28. The van der Waals surface area contributed by atoms with E-state index in [9.17, 15) is 4.79 Å². The van der Waals surface area contributed by atoms with E-state index < -0.39 is 0 Å². The summed E-state index contributed by atoms with van der Waals surface area (Å²) in [6.45, 7) is 3.60. The number of ether oxygens (including phenoxy) is 1. The number of benzene rings is 1. The van der Waals surface area contributed by atoms with Crippen LogP contribution in [0.2, 0.25) is 0 Å². The van der Waals surface area contributed by atoms with Crippen LogP contribution in [0.3, 0.4) is 0 Å². The number of nitrogens with one attached hydrogen (secondary N) is 2. The molecule has 0 radical (unpaired) electrons. The van der Waals surface area contributed by atoms with Crippen molar-refractivity contribution in [2.24, 2.45) is 0 Å². The van der Waals surface area contributed by atoms with Crippen molar-refractivity contribution in [1.82, 2.24) is 10.3 Å². The minimum atomic E-state index is -0.00842. The van der Waals surface area contributed by atoms with Gasteiger partial charge in [0.15, 0.2) is 0 Å². The third kappa shape index (κ3) is 2.18. The van der Waals surface area contributed by atoms with Crippen LogP contribution in [0.15, 0.2) is 18.2 Å². The number of carbonyl (C=O) groups is 1. The van der Waals surface area contributed by atoms with Crippen LogP contribution >= 0.6 is 0 Å². The second-order valence-corrected chi connectivity index (χ2v) is 4.89. The van der Waals surface area contributed by atoms with Gasteiger partial charge in [-0.05, 0) is 36.6 Å². The molecule has 0 atom stereocenters. The van der Waals surface area contributed by atoms with Crippen LogP contribution in [0, 0.1) is 0 Å². The Morgan fingerprint density at radius 2 is 2.26 bits per heavy atom. The third-order valence-electron chi connectivity index (χ3n) is 3.53. The standard InChI is InChI=1S/C15H18N2O2/c1-2-3-8-19-10-4-5-13-12(9-10)11-6-7-16-15(18)14(11)17-13/h4-5,9,17H,2-3,6-8H2,1H3,(H,16,18). The van der Waals surface area contributed by atoms with Gasteiger partial charge in [0.1, 0.15) is 11.4 Å². The maximum atomic E-state index is 11.8. The molecule has 1 aromatic carbocycles. The van der Waals surface area contributed by atoms with Gasteiger partial charge in [0, 0.05) is 17.4 Å². The first-order valence-electron chi connectivity index (χ1n) is 6.85. The van der Waals surface area contributed by atoms with E-state index in [0.29, 0.717) is 12.2 Å². The summed E-state index contributed by atoms with van der Waals surface area (Å²) in [7, 11) is 0. The quantitative estimate of drug-likeness (QED) is 0.828. The summed E-state index contributed by atoms with van der Waals surface area (Å²) in [5.41, 5.74) is 2.82. The van der Waals surface area contributed by atoms with Crippen molar-refractivity contribution >= 4 is 16.8 Å². The smallest absolute Gasteiger partial charge is 0.268 e. The largest absolute Gasteiger partial charge is 0.494 e. The van der Waals surface area contributed by atoms with E-state index in [4.69, 9.17) is 4.74 Å². The number of rotatable bonds is 4. The number of carbonyl (C=O) groups excluding carboxylic acids is 1. The fraction of sp³-hybridized carbons (Fsp3) is 0.400. The molecule has 2 aromatic rings. The zero-order chi connectivity index (χ0) is 13.2. The van der Waals surface area contributed by atoms with Gasteiger partial charge in [-0.15, -0.1) is 0 Å². The van der Waals surface area contributed by atoms with Gasteiger partial charge < -0.3 is 15.0 Å². The van der Waals surface area contributed by atoms with Crippen LogP contribution in [0.25, 0.3) is 10.9 Å². The van der Waals surface area contributed by atoms with Gasteiger partial charge in [-0.3, -0.25) is 4.79 Å². The zero-order valence-corrected chi connectivity index (χ0v) is 11.1. The van der Waals surface area contributed by atoms with Gasteiger partial charge in [0.05, 0.1) is 6.61 Å². The van der Waals surface area contributed by atoms with Crippen LogP contribution in [0.5, 0.6) is 5.75 Å². The molecule has 0 saturated heterocycles. The van der Waals surface area contributed by atoms with Crippen LogP contribution < -0.4 is 10.1 Å². The summed E-state index contributed by atoms with van der Waals surface area (Å²) in [6, 6.07) is 5.99. The van der Waals surface area contributed by atoms with Crippen molar-refractivity contribution in [3.05, 3.63) is 29.5 Å². The number of fused-ring (bicyclic) bond motifs is 3. The first-order chi connectivity index (χ1) is 9.29. The minimum Gasteiger partial charge on any atom is -0.494 e. The van der Waals surface area contributed by atoms with E-state index in [0.717, 1.165) is 48.1 Å². The lowest BCUT2D eigenvalue weighted by Crippen LogP contribution is -2.31. The second kappa shape index (κ2) is 4.96. The SMILES string of the molecule is CCCCOc1ccc2[nH]c3c(c2c1)CCNC3=O. The van der Waals surface area contributed by atoms with E-state index in [1.165, 1.54) is 0 Å². The lowest BCUT2D eigenvalue weighted by molar-refractivity contribution is 0.0942. The predicted octanol–water partition coefficient (Wildman–Crippen LogP) is 2.63. The summed E-state index contributed by atoms with van der Waals surface area (Å²) in [6.07, 6.45) is 3.06. The first kappa shape index (κ1) is 12.1. The summed E-state index contributed by atoms with van der Waals surface area (Å²) >= 11 is 0.